The minimum atomic E-state index is -3.41. The van der Waals surface area contributed by atoms with Crippen molar-refractivity contribution < 1.29 is 21.6 Å². The van der Waals surface area contributed by atoms with Crippen LogP contribution in [0.5, 0.6) is 0 Å². The molecule has 0 aromatic heterocycles. The van der Waals surface area contributed by atoms with E-state index < -0.39 is 32.3 Å². The summed E-state index contributed by atoms with van der Waals surface area (Å²) in [6.45, 7) is -0.536. The summed E-state index contributed by atoms with van der Waals surface area (Å²) in [5.41, 5.74) is 0. The molecule has 0 saturated heterocycles. The van der Waals surface area contributed by atoms with Gasteiger partial charge in [-0.05, 0) is 25.7 Å². The molecule has 2 unspecified atom stereocenters. The van der Waals surface area contributed by atoms with Gasteiger partial charge in [-0.2, -0.15) is 0 Å². The van der Waals surface area contributed by atoms with Crippen LogP contribution in [0.1, 0.15) is 25.7 Å². The molecule has 0 heterocycles. The Morgan fingerprint density at radius 2 is 1.94 bits per heavy atom. The van der Waals surface area contributed by atoms with E-state index in [4.69, 9.17) is 16.2 Å². The standard InChI is InChI=1S/C8H16ClFO4S2/c9-8(4-3-6-15(11)12)16(13,14)7-2-1-5-10/h8H,1-7H2,(H,11,12). The molecule has 0 fully saturated rings. The predicted molar refractivity (Wildman–Crippen MR) is 63.5 cm³/mol. The highest BCUT2D eigenvalue weighted by Gasteiger charge is 2.22. The minimum Gasteiger partial charge on any atom is -0.306 e. The third-order valence-electron chi connectivity index (χ3n) is 1.95. The number of rotatable bonds is 9. The number of hydrogen-bond donors (Lipinski definition) is 1. The number of unbranched alkanes of at least 4 members (excludes halogenated alkanes) is 1. The van der Waals surface area contributed by atoms with Crippen molar-refractivity contribution in [2.45, 2.75) is 30.4 Å². The van der Waals surface area contributed by atoms with E-state index in [0.717, 1.165) is 0 Å². The predicted octanol–water partition coefficient (Wildman–Crippen LogP) is 1.72. The van der Waals surface area contributed by atoms with Crippen LogP contribution in [0, 0.1) is 0 Å². The maximum atomic E-state index is 11.8. The second-order valence-electron chi connectivity index (χ2n) is 3.34. The zero-order chi connectivity index (χ0) is 12.6. The van der Waals surface area contributed by atoms with Gasteiger partial charge in [-0.1, -0.05) is 0 Å². The fraction of sp³-hybridized carbons (Fsp3) is 1.00. The molecule has 0 aliphatic heterocycles. The lowest BCUT2D eigenvalue weighted by atomic mass is 10.4. The average molecular weight is 295 g/mol. The first-order chi connectivity index (χ1) is 7.40. The Hall–Kier alpha value is 0.280. The highest BCUT2D eigenvalue weighted by atomic mass is 35.5. The van der Waals surface area contributed by atoms with Crippen LogP contribution in [0.3, 0.4) is 0 Å². The summed E-state index contributed by atoms with van der Waals surface area (Å²) in [6.07, 6.45) is 0.892. The normalized spacial score (nSPS) is 15.9. The van der Waals surface area contributed by atoms with E-state index in [1.165, 1.54) is 0 Å². The van der Waals surface area contributed by atoms with Crippen LogP contribution in [0.15, 0.2) is 0 Å². The van der Waals surface area contributed by atoms with Gasteiger partial charge in [0.05, 0.1) is 12.4 Å². The lowest BCUT2D eigenvalue weighted by Gasteiger charge is -2.09. The van der Waals surface area contributed by atoms with Crippen molar-refractivity contribution in [3.63, 3.8) is 0 Å². The molecule has 0 aliphatic carbocycles. The van der Waals surface area contributed by atoms with E-state index in [2.05, 4.69) is 0 Å². The zero-order valence-corrected chi connectivity index (χ0v) is 11.2. The minimum absolute atomic E-state index is 0.0171. The van der Waals surface area contributed by atoms with Crippen molar-refractivity contribution in [1.29, 1.82) is 0 Å². The summed E-state index contributed by atoms with van der Waals surface area (Å²) in [5, 5.41) is 0. The molecule has 1 N–H and O–H groups in total. The fourth-order valence-electron chi connectivity index (χ4n) is 1.07. The third-order valence-corrected chi connectivity index (χ3v) is 5.50. The maximum Gasteiger partial charge on any atom is 0.167 e. The van der Waals surface area contributed by atoms with Crippen LogP contribution >= 0.6 is 11.6 Å². The number of halogens is 2. The Morgan fingerprint density at radius 1 is 1.31 bits per heavy atom. The Labute approximate surface area is 103 Å². The molecule has 8 heteroatoms. The first kappa shape index (κ1) is 16.3. The highest BCUT2D eigenvalue weighted by molar-refractivity contribution is 7.93. The van der Waals surface area contributed by atoms with Gasteiger partial charge in [-0.3, -0.25) is 4.39 Å². The summed E-state index contributed by atoms with van der Waals surface area (Å²) >= 11 is 3.75. The van der Waals surface area contributed by atoms with Crippen molar-refractivity contribution in [3.8, 4) is 0 Å². The molecule has 0 spiro atoms. The number of sulfone groups is 1. The summed E-state index contributed by atoms with van der Waals surface area (Å²) in [5.74, 6) is -0.115. The number of hydrogen-bond acceptors (Lipinski definition) is 3. The Morgan fingerprint density at radius 3 is 2.44 bits per heavy atom. The molecular formula is C8H16ClFO4S2. The van der Waals surface area contributed by atoms with Gasteiger partial charge in [-0.15, -0.1) is 11.6 Å². The Kier molecular flexibility index (Phi) is 8.53. The molecule has 4 nitrogen and oxygen atoms in total. The van der Waals surface area contributed by atoms with Gasteiger partial charge in [0.2, 0.25) is 0 Å². The monoisotopic (exact) mass is 294 g/mol. The molecule has 0 aromatic carbocycles. The van der Waals surface area contributed by atoms with E-state index in [1.54, 1.807) is 0 Å². The van der Waals surface area contributed by atoms with Gasteiger partial charge in [-0.25, -0.2) is 12.6 Å². The van der Waals surface area contributed by atoms with Crippen LogP contribution in [-0.4, -0.2) is 40.1 Å². The summed E-state index contributed by atoms with van der Waals surface area (Å²) in [4.78, 5) is 0. The molecule has 16 heavy (non-hydrogen) atoms. The van der Waals surface area contributed by atoms with Crippen molar-refractivity contribution in [2.24, 2.45) is 0 Å². The van der Waals surface area contributed by atoms with Crippen LogP contribution in [-0.2, 0) is 20.9 Å². The van der Waals surface area contributed by atoms with Crippen LogP contribution in [0.4, 0.5) is 4.39 Å². The van der Waals surface area contributed by atoms with E-state index in [-0.39, 0.29) is 37.2 Å². The SMILES string of the molecule is O=S(O)CCCC(Cl)S(=O)(=O)CCCCF. The van der Waals surface area contributed by atoms with Crippen LogP contribution in [0.25, 0.3) is 0 Å². The second-order valence-corrected chi connectivity index (χ2v) is 7.48. The van der Waals surface area contributed by atoms with Gasteiger partial charge >= 0.3 is 0 Å². The van der Waals surface area contributed by atoms with E-state index in [1.807, 2.05) is 0 Å². The van der Waals surface area contributed by atoms with E-state index >= 15 is 0 Å². The lowest BCUT2D eigenvalue weighted by molar-refractivity contribution is 0.468. The molecule has 0 amide bonds. The van der Waals surface area contributed by atoms with Crippen molar-refractivity contribution in [1.82, 2.24) is 0 Å². The summed E-state index contributed by atoms with van der Waals surface area (Å²) in [7, 11) is -3.41. The summed E-state index contributed by atoms with van der Waals surface area (Å²) in [6, 6.07) is 0. The van der Waals surface area contributed by atoms with Gasteiger partial charge < -0.3 is 4.55 Å². The van der Waals surface area contributed by atoms with Crippen LogP contribution in [0.2, 0.25) is 0 Å². The second kappa shape index (κ2) is 8.38. The van der Waals surface area contributed by atoms with E-state index in [0.29, 0.717) is 0 Å². The largest absolute Gasteiger partial charge is 0.306 e. The molecule has 0 bridgehead atoms. The topological polar surface area (TPSA) is 71.4 Å². The number of alkyl halides is 2. The fourth-order valence-corrected chi connectivity index (χ4v) is 3.30. The van der Waals surface area contributed by atoms with E-state index in [9.17, 15) is 17.0 Å². The van der Waals surface area contributed by atoms with Crippen molar-refractivity contribution in [2.75, 3.05) is 18.2 Å². The smallest absolute Gasteiger partial charge is 0.167 e. The average Bonchev–Trinajstić information content (AvgIpc) is 2.17. The molecule has 0 rings (SSSR count). The van der Waals surface area contributed by atoms with Gasteiger partial charge in [0.15, 0.2) is 20.9 Å². The van der Waals surface area contributed by atoms with Gasteiger partial charge in [0.1, 0.15) is 4.71 Å². The highest BCUT2D eigenvalue weighted by Crippen LogP contribution is 2.16. The quantitative estimate of drug-likeness (QED) is 0.399. The molecule has 0 aromatic rings. The Bertz CT molecular complexity index is 307. The van der Waals surface area contributed by atoms with Gasteiger partial charge in [0, 0.05) is 5.75 Å². The van der Waals surface area contributed by atoms with Crippen molar-refractivity contribution in [3.05, 3.63) is 0 Å². The lowest BCUT2D eigenvalue weighted by Crippen LogP contribution is -2.19. The summed E-state index contributed by atoms with van der Waals surface area (Å²) < 4.78 is 52.5. The maximum absolute atomic E-state index is 11.8. The molecule has 0 aliphatic rings. The zero-order valence-electron chi connectivity index (χ0n) is 8.77. The first-order valence-corrected chi connectivity index (χ1v) is 8.32. The van der Waals surface area contributed by atoms with Gasteiger partial charge in [0.25, 0.3) is 0 Å². The molecule has 0 saturated carbocycles. The molecule has 98 valence electrons. The molecule has 0 radical (unpaired) electrons. The van der Waals surface area contributed by atoms with Crippen molar-refractivity contribution >= 4 is 32.5 Å². The molecular weight excluding hydrogens is 279 g/mol. The third kappa shape index (κ3) is 7.54. The van der Waals surface area contributed by atoms with Crippen LogP contribution < -0.4 is 0 Å². The first-order valence-electron chi connectivity index (χ1n) is 4.89. The Balaban J connectivity index is 3.94. The molecule has 2 atom stereocenters.